The van der Waals surface area contributed by atoms with E-state index in [1.54, 1.807) is 7.05 Å². The van der Waals surface area contributed by atoms with Gasteiger partial charge in [-0.3, -0.25) is 4.79 Å². The lowest BCUT2D eigenvalue weighted by Gasteiger charge is -2.13. The molecule has 0 aliphatic carbocycles. The zero-order chi connectivity index (χ0) is 15.3. The first-order chi connectivity index (χ1) is 9.30. The van der Waals surface area contributed by atoms with Crippen LogP contribution in [0.25, 0.3) is 0 Å². The third kappa shape index (κ3) is 5.23. The van der Waals surface area contributed by atoms with E-state index in [1.807, 2.05) is 0 Å². The number of nitrogens with zero attached hydrogens (tertiary/aromatic N) is 1. The second-order valence-corrected chi connectivity index (χ2v) is 7.27. The van der Waals surface area contributed by atoms with E-state index in [-0.39, 0.29) is 23.2 Å². The quantitative estimate of drug-likeness (QED) is 0.700. The molecule has 0 atom stereocenters. The van der Waals surface area contributed by atoms with Crippen LogP contribution in [0.15, 0.2) is 27.6 Å². The summed E-state index contributed by atoms with van der Waals surface area (Å²) in [6, 6.07) is 4.42. The van der Waals surface area contributed by atoms with Crippen LogP contribution in [0, 0.1) is 0 Å². The maximum absolute atomic E-state index is 12.0. The minimum atomic E-state index is -3.53. The molecule has 21 heavy (non-hydrogen) atoms. The molecule has 0 unspecified atom stereocenters. The van der Waals surface area contributed by atoms with E-state index < -0.39 is 10.0 Å². The Morgan fingerprint density at radius 3 is 2.38 bits per heavy atom. The number of carbonyl (C=O) groups excluding carboxylic acids is 1. The zero-order valence-corrected chi connectivity index (χ0v) is 15.2. The molecule has 6 nitrogen and oxygen atoms in total. The van der Waals surface area contributed by atoms with Crippen molar-refractivity contribution >= 4 is 44.3 Å². The first kappa shape index (κ1) is 20.3. The first-order valence-electron chi connectivity index (χ1n) is 5.95. The van der Waals surface area contributed by atoms with Gasteiger partial charge in [0.05, 0.1) is 4.90 Å². The van der Waals surface area contributed by atoms with Crippen LogP contribution in [0.4, 0.5) is 0 Å². The van der Waals surface area contributed by atoms with Crippen molar-refractivity contribution in [3.8, 4) is 0 Å². The van der Waals surface area contributed by atoms with Crippen molar-refractivity contribution in [2.45, 2.75) is 4.90 Å². The van der Waals surface area contributed by atoms with Gasteiger partial charge in [0.15, 0.2) is 0 Å². The van der Waals surface area contributed by atoms with Crippen molar-refractivity contribution < 1.29 is 13.2 Å². The third-order valence-corrected chi connectivity index (χ3v) is 5.41. The molecule has 1 rings (SSSR count). The van der Waals surface area contributed by atoms with Crippen molar-refractivity contribution in [2.24, 2.45) is 0 Å². The Hall–Kier alpha value is -0.670. The molecule has 0 saturated heterocycles. The highest BCUT2D eigenvalue weighted by Crippen LogP contribution is 2.25. The maximum atomic E-state index is 12.0. The molecule has 0 saturated carbocycles. The number of sulfonamides is 1. The number of amides is 1. The van der Waals surface area contributed by atoms with Crippen LogP contribution in [0.5, 0.6) is 0 Å². The van der Waals surface area contributed by atoms with Crippen molar-refractivity contribution in [1.29, 1.82) is 0 Å². The molecule has 0 aliphatic rings. The van der Waals surface area contributed by atoms with Gasteiger partial charge in [-0.25, -0.2) is 12.7 Å². The van der Waals surface area contributed by atoms with E-state index in [4.69, 9.17) is 0 Å². The summed E-state index contributed by atoms with van der Waals surface area (Å²) < 4.78 is 25.6. The molecule has 0 radical (unpaired) electrons. The summed E-state index contributed by atoms with van der Waals surface area (Å²) in [4.78, 5) is 12.0. The fourth-order valence-electron chi connectivity index (χ4n) is 1.45. The topological polar surface area (TPSA) is 78.5 Å². The van der Waals surface area contributed by atoms with Crippen molar-refractivity contribution in [2.75, 3.05) is 34.2 Å². The van der Waals surface area contributed by atoms with Crippen LogP contribution in [0.1, 0.15) is 10.4 Å². The van der Waals surface area contributed by atoms with Gasteiger partial charge in [-0.15, -0.1) is 12.4 Å². The summed E-state index contributed by atoms with van der Waals surface area (Å²) in [7, 11) is 1.19. The monoisotopic (exact) mass is 399 g/mol. The molecule has 120 valence electrons. The lowest BCUT2D eigenvalue weighted by atomic mass is 10.2. The number of carbonyl (C=O) groups is 1. The van der Waals surface area contributed by atoms with Gasteiger partial charge in [0.1, 0.15) is 0 Å². The van der Waals surface area contributed by atoms with Gasteiger partial charge < -0.3 is 10.6 Å². The van der Waals surface area contributed by atoms with Gasteiger partial charge in [-0.2, -0.15) is 0 Å². The first-order valence-corrected chi connectivity index (χ1v) is 8.19. The Kier molecular flexibility index (Phi) is 8.42. The van der Waals surface area contributed by atoms with Crippen LogP contribution in [-0.2, 0) is 10.0 Å². The summed E-state index contributed by atoms with van der Waals surface area (Å²) in [5.74, 6) is -0.241. The molecule has 0 fully saturated rings. The van der Waals surface area contributed by atoms with E-state index in [9.17, 15) is 13.2 Å². The van der Waals surface area contributed by atoms with E-state index in [2.05, 4.69) is 26.6 Å². The average Bonchev–Trinajstić information content (AvgIpc) is 2.38. The summed E-state index contributed by atoms with van der Waals surface area (Å²) >= 11 is 3.20. The normalized spacial score (nSPS) is 11.1. The van der Waals surface area contributed by atoms with E-state index in [0.717, 1.165) is 4.31 Å². The molecule has 0 heterocycles. The number of hydrogen-bond donors (Lipinski definition) is 2. The van der Waals surface area contributed by atoms with Gasteiger partial charge in [-0.05, 0) is 41.2 Å². The standard InChI is InChI=1S/C12H18BrN3O3S.ClH/c1-14-6-7-15-12(17)9-4-5-11(10(13)8-9)20(18,19)16(2)3;/h4-5,8,14H,6-7H2,1-3H3,(H,15,17);1H. The molecular weight excluding hydrogens is 382 g/mol. The number of rotatable bonds is 6. The predicted molar refractivity (Wildman–Crippen MR) is 88.5 cm³/mol. The molecular formula is C12H19BrClN3O3S. The highest BCUT2D eigenvalue weighted by molar-refractivity contribution is 9.10. The number of nitrogens with one attached hydrogen (secondary N) is 2. The van der Waals surface area contributed by atoms with Gasteiger partial charge in [-0.1, -0.05) is 0 Å². The minimum Gasteiger partial charge on any atom is -0.351 e. The highest BCUT2D eigenvalue weighted by atomic mass is 79.9. The Morgan fingerprint density at radius 1 is 1.29 bits per heavy atom. The highest BCUT2D eigenvalue weighted by Gasteiger charge is 2.21. The Morgan fingerprint density at radius 2 is 1.90 bits per heavy atom. The summed E-state index contributed by atoms with van der Waals surface area (Å²) in [5, 5.41) is 5.64. The number of hydrogen-bond acceptors (Lipinski definition) is 4. The van der Waals surface area contributed by atoms with Gasteiger partial charge >= 0.3 is 0 Å². The fourth-order valence-corrected chi connectivity index (χ4v) is 3.38. The second kappa shape index (κ2) is 8.70. The van der Waals surface area contributed by atoms with E-state index >= 15 is 0 Å². The van der Waals surface area contributed by atoms with E-state index in [1.165, 1.54) is 32.3 Å². The van der Waals surface area contributed by atoms with Crippen LogP contribution in [0.3, 0.4) is 0 Å². The predicted octanol–water partition coefficient (Wildman–Crippen LogP) is 1.07. The summed E-state index contributed by atoms with van der Waals surface area (Å²) in [6.07, 6.45) is 0. The summed E-state index contributed by atoms with van der Waals surface area (Å²) in [6.45, 7) is 1.17. The van der Waals surface area contributed by atoms with Crippen LogP contribution >= 0.6 is 28.3 Å². The molecule has 0 aromatic heterocycles. The number of benzene rings is 1. The lowest BCUT2D eigenvalue weighted by molar-refractivity contribution is 0.0954. The van der Waals surface area contributed by atoms with Crippen molar-refractivity contribution in [3.63, 3.8) is 0 Å². The van der Waals surface area contributed by atoms with Crippen molar-refractivity contribution in [1.82, 2.24) is 14.9 Å². The molecule has 9 heteroatoms. The maximum Gasteiger partial charge on any atom is 0.251 e. The lowest BCUT2D eigenvalue weighted by Crippen LogP contribution is -2.30. The smallest absolute Gasteiger partial charge is 0.251 e. The SMILES string of the molecule is CNCCNC(=O)c1ccc(S(=O)(=O)N(C)C)c(Br)c1.Cl. The molecule has 1 aromatic rings. The Balaban J connectivity index is 0.00000400. The third-order valence-electron chi connectivity index (χ3n) is 2.61. The second-order valence-electron chi connectivity index (χ2n) is 4.29. The zero-order valence-electron chi connectivity index (χ0n) is 12.0. The average molecular weight is 401 g/mol. The van der Waals surface area contributed by atoms with Gasteiger partial charge in [0.2, 0.25) is 10.0 Å². The number of likely N-dealkylation sites (N-methyl/N-ethyl adjacent to an activating group) is 1. The molecule has 1 aromatic carbocycles. The number of halogens is 2. The molecule has 2 N–H and O–H groups in total. The Labute approximate surface area is 139 Å². The molecule has 0 bridgehead atoms. The van der Waals surface area contributed by atoms with Crippen LogP contribution < -0.4 is 10.6 Å². The molecule has 0 aliphatic heterocycles. The molecule has 1 amide bonds. The minimum absolute atomic E-state index is 0. The van der Waals surface area contributed by atoms with Crippen LogP contribution in [0.2, 0.25) is 0 Å². The van der Waals surface area contributed by atoms with E-state index in [0.29, 0.717) is 23.1 Å². The Bertz CT molecular complexity index is 593. The van der Waals surface area contributed by atoms with Gasteiger partial charge in [0, 0.05) is 37.2 Å². The molecule has 0 spiro atoms. The van der Waals surface area contributed by atoms with Gasteiger partial charge in [0.25, 0.3) is 5.91 Å². The largest absolute Gasteiger partial charge is 0.351 e. The fraction of sp³-hybridized carbons (Fsp3) is 0.417. The van der Waals surface area contributed by atoms with Crippen LogP contribution in [-0.4, -0.2) is 52.9 Å². The van der Waals surface area contributed by atoms with Crippen molar-refractivity contribution in [3.05, 3.63) is 28.2 Å². The summed E-state index contributed by atoms with van der Waals surface area (Å²) in [5.41, 5.74) is 0.408.